The molecule has 116 valence electrons. The van der Waals surface area contributed by atoms with Gasteiger partial charge in [-0.1, -0.05) is 36.7 Å². The largest absolute Gasteiger partial charge is 0.392 e. The molecule has 0 spiro atoms. The Hall–Kier alpha value is -0.660. The number of rotatable bonds is 6. The van der Waals surface area contributed by atoms with Crippen molar-refractivity contribution >= 4 is 43.0 Å². The fraction of sp³-hybridized carbons (Fsp3) is 0.429. The third kappa shape index (κ3) is 3.40. The number of thiophene rings is 1. The molecule has 21 heavy (non-hydrogen) atoms. The zero-order chi connectivity index (χ0) is 15.6. The number of fused-ring (bicyclic) bond motifs is 1. The van der Waals surface area contributed by atoms with Crippen molar-refractivity contribution in [2.45, 2.75) is 30.6 Å². The van der Waals surface area contributed by atoms with Crippen LogP contribution in [0.25, 0.3) is 10.1 Å². The van der Waals surface area contributed by atoms with Crippen molar-refractivity contribution in [1.29, 1.82) is 0 Å². The van der Waals surface area contributed by atoms with E-state index in [4.69, 9.17) is 11.6 Å². The highest BCUT2D eigenvalue weighted by atomic mass is 35.5. The number of aliphatic hydroxyl groups excluding tert-OH is 1. The Balaban J connectivity index is 2.51. The molecule has 0 aliphatic carbocycles. The molecule has 1 aromatic heterocycles. The van der Waals surface area contributed by atoms with Gasteiger partial charge in [0.15, 0.2) is 4.21 Å². The van der Waals surface area contributed by atoms with Gasteiger partial charge in [0.25, 0.3) is 10.0 Å². The maximum atomic E-state index is 12.8. The molecule has 4 nitrogen and oxygen atoms in total. The predicted molar refractivity (Wildman–Crippen MR) is 87.6 cm³/mol. The molecule has 0 saturated carbocycles. The Labute approximate surface area is 134 Å². The van der Waals surface area contributed by atoms with Gasteiger partial charge in [-0.05, 0) is 19.4 Å². The van der Waals surface area contributed by atoms with Crippen LogP contribution < -0.4 is 0 Å². The molecule has 1 atom stereocenters. The molecule has 1 heterocycles. The zero-order valence-electron chi connectivity index (χ0n) is 11.9. The quantitative estimate of drug-likeness (QED) is 0.871. The third-order valence-electron chi connectivity index (χ3n) is 3.02. The molecule has 1 unspecified atom stereocenters. The average molecular weight is 348 g/mol. The summed E-state index contributed by atoms with van der Waals surface area (Å²) >= 11 is 7.43. The molecule has 0 amide bonds. The highest BCUT2D eigenvalue weighted by Gasteiger charge is 2.30. The standard InChI is InChI=1S/C14H18ClNO3S2/c1-3-8-16(9-10(2)17)21(18,19)14-13(15)11-6-4-5-7-12(11)20-14/h4-7,10,17H,3,8-9H2,1-2H3. The summed E-state index contributed by atoms with van der Waals surface area (Å²) in [5.41, 5.74) is 0. The van der Waals surface area contributed by atoms with Crippen LogP contribution in [0.5, 0.6) is 0 Å². The monoisotopic (exact) mass is 347 g/mol. The lowest BCUT2D eigenvalue weighted by atomic mass is 10.3. The van der Waals surface area contributed by atoms with E-state index in [0.29, 0.717) is 13.0 Å². The molecule has 7 heteroatoms. The van der Waals surface area contributed by atoms with Gasteiger partial charge in [0, 0.05) is 23.2 Å². The van der Waals surface area contributed by atoms with E-state index in [1.807, 2.05) is 31.2 Å². The van der Waals surface area contributed by atoms with Gasteiger partial charge in [-0.25, -0.2) is 8.42 Å². The Kier molecular flexibility index (Phi) is 5.27. The van der Waals surface area contributed by atoms with Crippen LogP contribution in [-0.4, -0.2) is 37.0 Å². The van der Waals surface area contributed by atoms with Gasteiger partial charge in [-0.3, -0.25) is 0 Å². The first-order valence-corrected chi connectivity index (χ1v) is 9.36. The summed E-state index contributed by atoms with van der Waals surface area (Å²) in [5, 5.41) is 10.5. The second-order valence-corrected chi connectivity index (χ2v) is 8.48. The van der Waals surface area contributed by atoms with E-state index in [1.165, 1.54) is 15.6 Å². The molecule has 0 aliphatic heterocycles. The summed E-state index contributed by atoms with van der Waals surface area (Å²) in [6.45, 7) is 3.90. The van der Waals surface area contributed by atoms with Crippen molar-refractivity contribution in [2.75, 3.05) is 13.1 Å². The fourth-order valence-electron chi connectivity index (χ4n) is 2.13. The van der Waals surface area contributed by atoms with Crippen LogP contribution >= 0.6 is 22.9 Å². The normalized spacial score (nSPS) is 14.0. The topological polar surface area (TPSA) is 57.6 Å². The van der Waals surface area contributed by atoms with Gasteiger partial charge in [0.2, 0.25) is 0 Å². The van der Waals surface area contributed by atoms with E-state index in [-0.39, 0.29) is 15.8 Å². The lowest BCUT2D eigenvalue weighted by Gasteiger charge is -2.22. The van der Waals surface area contributed by atoms with Gasteiger partial charge in [0.05, 0.1) is 11.1 Å². The van der Waals surface area contributed by atoms with Crippen molar-refractivity contribution in [3.63, 3.8) is 0 Å². The molecular weight excluding hydrogens is 330 g/mol. The fourth-order valence-corrected chi connectivity index (χ4v) is 6.00. The van der Waals surface area contributed by atoms with Crippen molar-refractivity contribution in [2.24, 2.45) is 0 Å². The summed E-state index contributed by atoms with van der Waals surface area (Å²) in [5.74, 6) is 0. The summed E-state index contributed by atoms with van der Waals surface area (Å²) < 4.78 is 27.9. The van der Waals surface area contributed by atoms with Crippen LogP contribution in [0.15, 0.2) is 28.5 Å². The molecule has 0 fully saturated rings. The Morgan fingerprint density at radius 1 is 1.38 bits per heavy atom. The summed E-state index contributed by atoms with van der Waals surface area (Å²) in [6.07, 6.45) is -0.0476. The molecule has 1 N–H and O–H groups in total. The smallest absolute Gasteiger partial charge is 0.254 e. The minimum absolute atomic E-state index is 0.0702. The van der Waals surface area contributed by atoms with Crippen LogP contribution in [-0.2, 0) is 10.0 Å². The second kappa shape index (κ2) is 6.62. The number of hydrogen-bond acceptors (Lipinski definition) is 4. The molecule has 1 aromatic carbocycles. The zero-order valence-corrected chi connectivity index (χ0v) is 14.3. The number of benzene rings is 1. The average Bonchev–Trinajstić information content (AvgIpc) is 2.76. The van der Waals surface area contributed by atoms with Gasteiger partial charge in [0.1, 0.15) is 0 Å². The maximum Gasteiger partial charge on any atom is 0.254 e. The minimum Gasteiger partial charge on any atom is -0.392 e. The number of hydrogen-bond donors (Lipinski definition) is 1. The van der Waals surface area contributed by atoms with Crippen molar-refractivity contribution < 1.29 is 13.5 Å². The summed E-state index contributed by atoms with van der Waals surface area (Å²) in [4.78, 5) is 0. The minimum atomic E-state index is -3.69. The van der Waals surface area contributed by atoms with Gasteiger partial charge < -0.3 is 5.11 Å². The molecule has 2 rings (SSSR count). The highest BCUT2D eigenvalue weighted by molar-refractivity contribution is 7.91. The van der Waals surface area contributed by atoms with E-state index in [1.54, 1.807) is 6.92 Å². The van der Waals surface area contributed by atoms with E-state index < -0.39 is 16.1 Å². The van der Waals surface area contributed by atoms with E-state index >= 15 is 0 Å². The summed E-state index contributed by atoms with van der Waals surface area (Å²) in [6, 6.07) is 7.35. The van der Waals surface area contributed by atoms with Crippen LogP contribution in [0.2, 0.25) is 5.02 Å². The maximum absolute atomic E-state index is 12.8. The van der Waals surface area contributed by atoms with Crippen molar-refractivity contribution in [3.05, 3.63) is 29.3 Å². The number of nitrogens with zero attached hydrogens (tertiary/aromatic N) is 1. The van der Waals surface area contributed by atoms with Crippen molar-refractivity contribution in [1.82, 2.24) is 4.31 Å². The second-order valence-electron chi connectivity index (χ2n) is 4.91. The number of aliphatic hydroxyl groups is 1. The van der Waals surface area contributed by atoms with Gasteiger partial charge >= 0.3 is 0 Å². The van der Waals surface area contributed by atoms with Gasteiger partial charge in [-0.15, -0.1) is 11.3 Å². The SMILES string of the molecule is CCCN(CC(C)O)S(=O)(=O)c1sc2ccccc2c1Cl. The molecule has 0 bridgehead atoms. The molecule has 0 saturated heterocycles. The first kappa shape index (κ1) is 16.7. The van der Waals surface area contributed by atoms with Crippen molar-refractivity contribution in [3.8, 4) is 0 Å². The summed E-state index contributed by atoms with van der Waals surface area (Å²) in [7, 11) is -3.69. The number of sulfonamides is 1. The molecular formula is C14H18ClNO3S2. The van der Waals surface area contributed by atoms with Crippen LogP contribution in [0.4, 0.5) is 0 Å². The van der Waals surface area contributed by atoms with E-state index in [0.717, 1.165) is 10.1 Å². The predicted octanol–water partition coefficient (Wildman–Crippen LogP) is 3.34. The molecule has 0 radical (unpaired) electrons. The van der Waals surface area contributed by atoms with Crippen LogP contribution in [0, 0.1) is 0 Å². The lowest BCUT2D eigenvalue weighted by Crippen LogP contribution is -2.36. The highest BCUT2D eigenvalue weighted by Crippen LogP contribution is 2.39. The van der Waals surface area contributed by atoms with E-state index in [2.05, 4.69) is 0 Å². The van der Waals surface area contributed by atoms with Gasteiger partial charge in [-0.2, -0.15) is 4.31 Å². The van der Waals surface area contributed by atoms with E-state index in [9.17, 15) is 13.5 Å². The Bertz CT molecular complexity index is 725. The Morgan fingerprint density at radius 2 is 2.05 bits per heavy atom. The first-order chi connectivity index (χ1) is 9.87. The van der Waals surface area contributed by atoms with Crippen LogP contribution in [0.3, 0.4) is 0 Å². The Morgan fingerprint density at radius 3 is 2.62 bits per heavy atom. The third-order valence-corrected chi connectivity index (χ3v) is 7.17. The lowest BCUT2D eigenvalue weighted by molar-refractivity contribution is 0.163. The van der Waals surface area contributed by atoms with Crippen LogP contribution in [0.1, 0.15) is 20.3 Å². The molecule has 0 aliphatic rings. The first-order valence-electron chi connectivity index (χ1n) is 6.73. The number of halogens is 1. The molecule has 2 aromatic rings.